The SMILES string of the molecule is CNC(=O)Cc1nnc2n1CCN(C1CCC(CN)(c3cccc(Cl)c3)CC1)C2=O. The Hall–Kier alpha value is -2.45. The van der Waals surface area contributed by atoms with E-state index in [9.17, 15) is 9.59 Å². The van der Waals surface area contributed by atoms with Gasteiger partial charge in [0.2, 0.25) is 11.7 Å². The fraction of sp³-hybridized carbons (Fsp3) is 0.524. The van der Waals surface area contributed by atoms with Gasteiger partial charge >= 0.3 is 0 Å². The average Bonchev–Trinajstić information content (AvgIpc) is 3.17. The molecule has 0 radical (unpaired) electrons. The molecule has 2 heterocycles. The van der Waals surface area contributed by atoms with Crippen LogP contribution in [0.5, 0.6) is 0 Å². The van der Waals surface area contributed by atoms with Crippen molar-refractivity contribution in [3.8, 4) is 0 Å². The molecule has 0 unspecified atom stereocenters. The van der Waals surface area contributed by atoms with Gasteiger partial charge in [0.25, 0.3) is 5.91 Å². The second kappa shape index (κ2) is 8.35. The molecule has 3 N–H and O–H groups in total. The van der Waals surface area contributed by atoms with Gasteiger partial charge in [-0.3, -0.25) is 9.59 Å². The quantitative estimate of drug-likeness (QED) is 0.747. The van der Waals surface area contributed by atoms with Crippen molar-refractivity contribution >= 4 is 23.4 Å². The highest BCUT2D eigenvalue weighted by Crippen LogP contribution is 2.41. The summed E-state index contributed by atoms with van der Waals surface area (Å²) in [5.41, 5.74) is 7.29. The third-order valence-corrected chi connectivity index (χ3v) is 6.86. The zero-order valence-corrected chi connectivity index (χ0v) is 17.9. The first-order valence-corrected chi connectivity index (χ1v) is 10.7. The summed E-state index contributed by atoms with van der Waals surface area (Å²) in [5, 5.41) is 11.5. The van der Waals surface area contributed by atoms with Crippen molar-refractivity contribution in [3.05, 3.63) is 46.5 Å². The number of nitrogens with zero attached hydrogens (tertiary/aromatic N) is 4. The van der Waals surface area contributed by atoms with Crippen molar-refractivity contribution in [1.29, 1.82) is 0 Å². The number of aromatic nitrogens is 3. The minimum absolute atomic E-state index is 0.0963. The Morgan fingerprint density at radius 2 is 2.07 bits per heavy atom. The highest BCUT2D eigenvalue weighted by molar-refractivity contribution is 6.30. The van der Waals surface area contributed by atoms with Crippen molar-refractivity contribution in [2.45, 2.75) is 50.1 Å². The first-order valence-electron chi connectivity index (χ1n) is 10.4. The Bertz CT molecular complexity index is 951. The maximum absolute atomic E-state index is 13.1. The van der Waals surface area contributed by atoms with Gasteiger partial charge in [0.1, 0.15) is 5.82 Å². The largest absolute Gasteiger partial charge is 0.359 e. The van der Waals surface area contributed by atoms with Gasteiger partial charge in [0.05, 0.1) is 6.42 Å². The smallest absolute Gasteiger partial charge is 0.292 e. The molecule has 30 heavy (non-hydrogen) atoms. The first-order chi connectivity index (χ1) is 14.5. The maximum Gasteiger partial charge on any atom is 0.292 e. The molecule has 9 heteroatoms. The van der Waals surface area contributed by atoms with Crippen LogP contribution >= 0.6 is 11.6 Å². The van der Waals surface area contributed by atoms with E-state index in [-0.39, 0.29) is 29.7 Å². The van der Waals surface area contributed by atoms with Crippen molar-refractivity contribution in [1.82, 2.24) is 25.0 Å². The Morgan fingerprint density at radius 1 is 1.30 bits per heavy atom. The summed E-state index contributed by atoms with van der Waals surface area (Å²) in [5.74, 6) is 0.603. The van der Waals surface area contributed by atoms with E-state index in [4.69, 9.17) is 17.3 Å². The maximum atomic E-state index is 13.1. The van der Waals surface area contributed by atoms with Gasteiger partial charge in [0, 0.05) is 43.2 Å². The second-order valence-corrected chi connectivity index (χ2v) is 8.60. The lowest BCUT2D eigenvalue weighted by Gasteiger charge is -2.44. The van der Waals surface area contributed by atoms with Crippen LogP contribution < -0.4 is 11.1 Å². The van der Waals surface area contributed by atoms with Crippen molar-refractivity contribution in [2.24, 2.45) is 5.73 Å². The van der Waals surface area contributed by atoms with E-state index in [0.717, 1.165) is 30.7 Å². The number of amides is 2. The Kier molecular flexibility index (Phi) is 5.79. The standard InChI is InChI=1S/C21H27ClN6O2/c1-24-18(29)12-17-25-26-19-20(30)27(9-10-28(17)19)16-5-7-21(13-23,8-6-16)14-3-2-4-15(22)11-14/h2-4,11,16H,5-10,12-13,23H2,1H3,(H,24,29). The molecule has 1 saturated carbocycles. The number of hydrogen-bond donors (Lipinski definition) is 2. The number of nitrogens with two attached hydrogens (primary N) is 1. The minimum atomic E-state index is -0.147. The fourth-order valence-corrected chi connectivity index (χ4v) is 4.96. The number of halogens is 1. The van der Waals surface area contributed by atoms with Crippen LogP contribution in [0.15, 0.2) is 24.3 Å². The van der Waals surface area contributed by atoms with Crippen LogP contribution in [-0.4, -0.2) is 57.7 Å². The highest BCUT2D eigenvalue weighted by atomic mass is 35.5. The lowest BCUT2D eigenvalue weighted by Crippen LogP contribution is -2.51. The summed E-state index contributed by atoms with van der Waals surface area (Å²) < 4.78 is 1.77. The summed E-state index contributed by atoms with van der Waals surface area (Å²) >= 11 is 6.21. The minimum Gasteiger partial charge on any atom is -0.359 e. The molecular weight excluding hydrogens is 404 g/mol. The van der Waals surface area contributed by atoms with Crippen LogP contribution in [0, 0.1) is 0 Å². The van der Waals surface area contributed by atoms with E-state index in [2.05, 4.69) is 21.6 Å². The molecule has 8 nitrogen and oxygen atoms in total. The number of hydrogen-bond acceptors (Lipinski definition) is 5. The predicted molar refractivity (Wildman–Crippen MR) is 113 cm³/mol. The topological polar surface area (TPSA) is 106 Å². The molecule has 160 valence electrons. The first kappa shape index (κ1) is 20.8. The van der Waals surface area contributed by atoms with Crippen LogP contribution in [0.2, 0.25) is 5.02 Å². The van der Waals surface area contributed by atoms with E-state index in [1.54, 1.807) is 11.6 Å². The molecule has 1 aliphatic carbocycles. The summed E-state index contributed by atoms with van der Waals surface area (Å²) in [6.45, 7) is 1.76. The molecule has 0 bridgehead atoms. The molecule has 0 saturated heterocycles. The van der Waals surface area contributed by atoms with Gasteiger partial charge < -0.3 is 20.5 Å². The summed E-state index contributed by atoms with van der Waals surface area (Å²) in [6, 6.07) is 8.11. The lowest BCUT2D eigenvalue weighted by atomic mass is 9.68. The third kappa shape index (κ3) is 3.70. The Balaban J connectivity index is 1.47. The molecule has 1 aliphatic heterocycles. The number of nitrogens with one attached hydrogen (secondary N) is 1. The van der Waals surface area contributed by atoms with E-state index >= 15 is 0 Å². The van der Waals surface area contributed by atoms with Gasteiger partial charge in [0.15, 0.2) is 0 Å². The molecule has 0 spiro atoms. The van der Waals surface area contributed by atoms with E-state index < -0.39 is 0 Å². The van der Waals surface area contributed by atoms with Crippen molar-refractivity contribution in [2.75, 3.05) is 20.1 Å². The number of carbonyl (C=O) groups is 2. The van der Waals surface area contributed by atoms with Crippen LogP contribution in [0.3, 0.4) is 0 Å². The third-order valence-electron chi connectivity index (χ3n) is 6.62. The molecule has 1 fully saturated rings. The van der Waals surface area contributed by atoms with E-state index in [0.29, 0.717) is 31.3 Å². The van der Waals surface area contributed by atoms with Crippen LogP contribution in [0.4, 0.5) is 0 Å². The second-order valence-electron chi connectivity index (χ2n) is 8.17. The summed E-state index contributed by atoms with van der Waals surface area (Å²) in [4.78, 5) is 26.7. The molecule has 2 aromatic rings. The number of likely N-dealkylation sites (N-methyl/N-ethyl adjacent to an activating group) is 1. The van der Waals surface area contributed by atoms with Crippen molar-refractivity contribution in [3.63, 3.8) is 0 Å². The monoisotopic (exact) mass is 430 g/mol. The molecular formula is C21H27ClN6O2. The number of rotatable bonds is 5. The number of benzene rings is 1. The molecule has 1 aromatic heterocycles. The number of fused-ring (bicyclic) bond motifs is 1. The normalized spacial score (nSPS) is 23.9. The molecule has 0 atom stereocenters. The predicted octanol–water partition coefficient (Wildman–Crippen LogP) is 1.52. The van der Waals surface area contributed by atoms with Gasteiger partial charge in [-0.15, -0.1) is 10.2 Å². The van der Waals surface area contributed by atoms with Gasteiger partial charge in [-0.2, -0.15) is 0 Å². The summed E-state index contributed by atoms with van der Waals surface area (Å²) in [6.07, 6.45) is 3.71. The highest BCUT2D eigenvalue weighted by Gasteiger charge is 2.40. The molecule has 1 aromatic carbocycles. The number of carbonyl (C=O) groups excluding carboxylic acids is 2. The van der Waals surface area contributed by atoms with Crippen LogP contribution in [-0.2, 0) is 23.2 Å². The fourth-order valence-electron chi connectivity index (χ4n) is 4.77. The van der Waals surface area contributed by atoms with Crippen LogP contribution in [0.1, 0.15) is 47.7 Å². The van der Waals surface area contributed by atoms with E-state index in [1.807, 2.05) is 23.1 Å². The van der Waals surface area contributed by atoms with E-state index in [1.165, 1.54) is 5.56 Å². The van der Waals surface area contributed by atoms with Crippen molar-refractivity contribution < 1.29 is 9.59 Å². The van der Waals surface area contributed by atoms with Crippen LogP contribution in [0.25, 0.3) is 0 Å². The van der Waals surface area contributed by atoms with Gasteiger partial charge in [-0.25, -0.2) is 0 Å². The zero-order valence-electron chi connectivity index (χ0n) is 17.1. The summed E-state index contributed by atoms with van der Waals surface area (Å²) in [7, 11) is 1.58. The zero-order chi connectivity index (χ0) is 21.3. The molecule has 2 aliphatic rings. The van der Waals surface area contributed by atoms with Gasteiger partial charge in [-0.05, 0) is 43.4 Å². The Labute approximate surface area is 180 Å². The lowest BCUT2D eigenvalue weighted by molar-refractivity contribution is -0.120. The average molecular weight is 431 g/mol. The molecule has 2 amide bonds. The molecule has 4 rings (SSSR count). The van der Waals surface area contributed by atoms with Gasteiger partial charge in [-0.1, -0.05) is 23.7 Å². The Morgan fingerprint density at radius 3 is 2.73 bits per heavy atom.